The summed E-state index contributed by atoms with van der Waals surface area (Å²) in [5, 5.41) is 10.1. The van der Waals surface area contributed by atoms with Crippen molar-refractivity contribution in [1.29, 1.82) is 0 Å². The summed E-state index contributed by atoms with van der Waals surface area (Å²) in [5.74, 6) is -0.0469. The van der Waals surface area contributed by atoms with E-state index in [1.54, 1.807) is 26.0 Å². The van der Waals surface area contributed by atoms with Gasteiger partial charge in [0, 0.05) is 18.7 Å². The van der Waals surface area contributed by atoms with Crippen molar-refractivity contribution >= 4 is 15.7 Å². The van der Waals surface area contributed by atoms with Crippen LogP contribution in [0.15, 0.2) is 24.3 Å². The summed E-state index contributed by atoms with van der Waals surface area (Å²) in [6.07, 6.45) is 0. The second-order valence-electron chi connectivity index (χ2n) is 4.69. The Hall–Kier alpha value is -1.47. The lowest BCUT2D eigenvalue weighted by atomic mass is 10.0. The highest BCUT2D eigenvalue weighted by atomic mass is 32.2. The van der Waals surface area contributed by atoms with Crippen LogP contribution in [0.5, 0.6) is 0 Å². The topological polar surface area (TPSA) is 89.3 Å². The molecule has 0 heterocycles. The number of rotatable bonds is 6. The van der Waals surface area contributed by atoms with Crippen LogP contribution < -0.4 is 4.72 Å². The second kappa shape index (κ2) is 6.12. The molecule has 0 bridgehead atoms. The van der Waals surface area contributed by atoms with Gasteiger partial charge in [-0.2, -0.15) is 0 Å². The van der Waals surface area contributed by atoms with Gasteiger partial charge in [-0.1, -0.05) is 19.1 Å². The first kappa shape index (κ1) is 15.6. The Morgan fingerprint density at radius 2 is 1.74 bits per heavy atom. The monoisotopic (exact) mass is 286 g/mol. The minimum atomic E-state index is -3.28. The summed E-state index contributed by atoms with van der Waals surface area (Å²) in [6, 6.07) is 6.13. The van der Waals surface area contributed by atoms with Gasteiger partial charge in [0.15, 0.2) is 0 Å². The van der Waals surface area contributed by atoms with Crippen molar-refractivity contribution < 1.29 is 13.3 Å². The Bertz CT molecular complexity index is 537. The van der Waals surface area contributed by atoms with Crippen LogP contribution >= 0.6 is 0 Å². The van der Waals surface area contributed by atoms with Crippen LogP contribution in [0.3, 0.4) is 0 Å². The van der Waals surface area contributed by atoms with Gasteiger partial charge in [0.2, 0.25) is 10.0 Å². The van der Waals surface area contributed by atoms with Crippen molar-refractivity contribution in [2.24, 2.45) is 0 Å². The molecule has 19 heavy (non-hydrogen) atoms. The Morgan fingerprint density at radius 3 is 2.16 bits per heavy atom. The predicted molar refractivity (Wildman–Crippen MR) is 73.6 cm³/mol. The third kappa shape index (κ3) is 4.29. The first-order valence-corrected chi connectivity index (χ1v) is 7.51. The highest BCUT2D eigenvalue weighted by Crippen LogP contribution is 2.19. The number of hydrogen-bond acceptors (Lipinski definition) is 4. The molecule has 1 atom stereocenters. The van der Waals surface area contributed by atoms with Crippen LogP contribution in [0.4, 0.5) is 5.69 Å². The van der Waals surface area contributed by atoms with Crippen molar-refractivity contribution in [2.75, 3.05) is 6.54 Å². The number of nitrogens with zero attached hydrogens (tertiary/aromatic N) is 1. The van der Waals surface area contributed by atoms with Crippen LogP contribution in [-0.4, -0.2) is 25.1 Å². The summed E-state index contributed by atoms with van der Waals surface area (Å²) >= 11 is 0. The summed E-state index contributed by atoms with van der Waals surface area (Å²) in [7, 11) is -3.28. The summed E-state index contributed by atoms with van der Waals surface area (Å²) in [6.45, 7) is 5.36. The van der Waals surface area contributed by atoms with E-state index in [4.69, 9.17) is 0 Å². The summed E-state index contributed by atoms with van der Waals surface area (Å²) < 4.78 is 25.8. The third-order valence-corrected chi connectivity index (χ3v) is 4.69. The van der Waals surface area contributed by atoms with Gasteiger partial charge in [-0.05, 0) is 25.3 Å². The van der Waals surface area contributed by atoms with E-state index in [1.165, 1.54) is 12.1 Å². The van der Waals surface area contributed by atoms with E-state index >= 15 is 0 Å². The average Bonchev–Trinajstić information content (AvgIpc) is 2.36. The van der Waals surface area contributed by atoms with Gasteiger partial charge >= 0.3 is 0 Å². The number of nitro groups is 1. The zero-order valence-corrected chi connectivity index (χ0v) is 12.0. The van der Waals surface area contributed by atoms with Gasteiger partial charge < -0.3 is 0 Å². The zero-order chi connectivity index (χ0) is 14.6. The molecule has 0 aliphatic heterocycles. The van der Waals surface area contributed by atoms with Crippen molar-refractivity contribution in [3.8, 4) is 0 Å². The molecule has 1 unspecified atom stereocenters. The standard InChI is InChI=1S/C12H18N2O4S/c1-9(2)19(17,18)13-8-10(3)11-4-6-12(7-5-11)14(15)16/h4-7,9-10,13H,8H2,1-3H3. The summed E-state index contributed by atoms with van der Waals surface area (Å²) in [5.41, 5.74) is 0.885. The lowest BCUT2D eigenvalue weighted by Gasteiger charge is -2.14. The van der Waals surface area contributed by atoms with E-state index in [9.17, 15) is 18.5 Å². The molecule has 0 fully saturated rings. The van der Waals surface area contributed by atoms with E-state index < -0.39 is 20.2 Å². The van der Waals surface area contributed by atoms with E-state index in [0.29, 0.717) is 0 Å². The number of sulfonamides is 1. The highest BCUT2D eigenvalue weighted by Gasteiger charge is 2.17. The molecule has 1 rings (SSSR count). The molecule has 6 nitrogen and oxygen atoms in total. The molecule has 0 aliphatic rings. The Labute approximate surface area is 113 Å². The highest BCUT2D eigenvalue weighted by molar-refractivity contribution is 7.90. The second-order valence-corrected chi connectivity index (χ2v) is 7.01. The van der Waals surface area contributed by atoms with Crippen molar-refractivity contribution in [1.82, 2.24) is 4.72 Å². The molecule has 1 N–H and O–H groups in total. The normalized spacial score (nSPS) is 13.5. The van der Waals surface area contributed by atoms with Crippen LogP contribution in [0.25, 0.3) is 0 Å². The fourth-order valence-electron chi connectivity index (χ4n) is 1.45. The van der Waals surface area contributed by atoms with Gasteiger partial charge in [0.25, 0.3) is 5.69 Å². The molecule has 0 aliphatic carbocycles. The van der Waals surface area contributed by atoms with E-state index in [1.807, 2.05) is 6.92 Å². The van der Waals surface area contributed by atoms with Gasteiger partial charge in [0.1, 0.15) is 0 Å². The molecular weight excluding hydrogens is 268 g/mol. The van der Waals surface area contributed by atoms with Crippen molar-refractivity contribution in [3.63, 3.8) is 0 Å². The van der Waals surface area contributed by atoms with Crippen molar-refractivity contribution in [3.05, 3.63) is 39.9 Å². The molecule has 0 radical (unpaired) electrons. The quantitative estimate of drug-likeness (QED) is 0.640. The maximum atomic E-state index is 11.6. The van der Waals surface area contributed by atoms with Crippen LogP contribution in [0, 0.1) is 10.1 Å². The van der Waals surface area contributed by atoms with Gasteiger partial charge in [-0.3, -0.25) is 10.1 Å². The van der Waals surface area contributed by atoms with E-state index in [-0.39, 0.29) is 18.2 Å². The molecule has 106 valence electrons. The first-order valence-electron chi connectivity index (χ1n) is 5.97. The minimum absolute atomic E-state index is 0.0266. The fraction of sp³-hybridized carbons (Fsp3) is 0.500. The summed E-state index contributed by atoms with van der Waals surface area (Å²) in [4.78, 5) is 10.1. The van der Waals surface area contributed by atoms with Crippen LogP contribution in [0.1, 0.15) is 32.3 Å². The number of nitro benzene ring substituents is 1. The lowest BCUT2D eigenvalue weighted by Crippen LogP contribution is -2.33. The fourth-order valence-corrected chi connectivity index (χ4v) is 2.27. The van der Waals surface area contributed by atoms with E-state index in [2.05, 4.69) is 4.72 Å². The van der Waals surface area contributed by atoms with Crippen LogP contribution in [0.2, 0.25) is 0 Å². The Kier molecular flexibility index (Phi) is 5.02. The maximum Gasteiger partial charge on any atom is 0.269 e. The largest absolute Gasteiger partial charge is 0.269 e. The molecule has 0 aromatic heterocycles. The molecule has 0 saturated carbocycles. The molecule has 0 amide bonds. The van der Waals surface area contributed by atoms with Gasteiger partial charge in [-0.25, -0.2) is 13.1 Å². The van der Waals surface area contributed by atoms with Crippen LogP contribution in [-0.2, 0) is 10.0 Å². The lowest BCUT2D eigenvalue weighted by molar-refractivity contribution is -0.384. The maximum absolute atomic E-state index is 11.6. The predicted octanol–water partition coefficient (Wildman–Crippen LogP) is 2.03. The Morgan fingerprint density at radius 1 is 1.21 bits per heavy atom. The Balaban J connectivity index is 2.69. The van der Waals surface area contributed by atoms with Crippen molar-refractivity contribution in [2.45, 2.75) is 31.9 Å². The molecule has 1 aromatic rings. The zero-order valence-electron chi connectivity index (χ0n) is 11.2. The smallest absolute Gasteiger partial charge is 0.258 e. The average molecular weight is 286 g/mol. The van der Waals surface area contributed by atoms with Gasteiger partial charge in [-0.15, -0.1) is 0 Å². The molecule has 0 spiro atoms. The molecule has 0 saturated heterocycles. The number of non-ortho nitro benzene ring substituents is 1. The number of benzene rings is 1. The third-order valence-electron chi connectivity index (χ3n) is 2.88. The number of hydrogen-bond donors (Lipinski definition) is 1. The van der Waals surface area contributed by atoms with E-state index in [0.717, 1.165) is 5.56 Å². The minimum Gasteiger partial charge on any atom is -0.258 e. The van der Waals surface area contributed by atoms with Gasteiger partial charge in [0.05, 0.1) is 10.2 Å². The number of nitrogens with one attached hydrogen (secondary N) is 1. The molecular formula is C12H18N2O4S. The molecule has 1 aromatic carbocycles. The molecule has 7 heteroatoms. The SMILES string of the molecule is CC(CNS(=O)(=O)C(C)C)c1ccc([N+](=O)[O-])cc1. The first-order chi connectivity index (χ1) is 8.74.